The Morgan fingerprint density at radius 1 is 1.29 bits per heavy atom. The van der Waals surface area contributed by atoms with Crippen LogP contribution in [0.1, 0.15) is 5.56 Å². The van der Waals surface area contributed by atoms with Crippen molar-refractivity contribution in [1.82, 2.24) is 9.19 Å². The zero-order chi connectivity index (χ0) is 11.8. The van der Waals surface area contributed by atoms with Crippen molar-refractivity contribution < 1.29 is 0 Å². The lowest BCUT2D eigenvalue weighted by Gasteiger charge is -2.01. The number of benzene rings is 1. The predicted molar refractivity (Wildman–Crippen MR) is 77.7 cm³/mol. The van der Waals surface area contributed by atoms with E-state index in [0.29, 0.717) is 0 Å². The number of rotatable bonds is 2. The van der Waals surface area contributed by atoms with Crippen molar-refractivity contribution in [3.8, 4) is 0 Å². The van der Waals surface area contributed by atoms with Crippen LogP contribution in [0.2, 0.25) is 0 Å². The average Bonchev–Trinajstić information content (AvgIpc) is 2.83. The van der Waals surface area contributed by atoms with Crippen LogP contribution >= 0.6 is 39.2 Å². The van der Waals surface area contributed by atoms with Crippen molar-refractivity contribution in [1.29, 1.82) is 0 Å². The normalized spacial score (nSPS) is 11.2. The van der Waals surface area contributed by atoms with E-state index < -0.39 is 0 Å². The topological polar surface area (TPSA) is 17.8 Å². The van der Waals surface area contributed by atoms with Gasteiger partial charge in [0.25, 0.3) is 0 Å². The van der Waals surface area contributed by atoms with Gasteiger partial charge in [0.15, 0.2) is 0 Å². The summed E-state index contributed by atoms with van der Waals surface area (Å²) in [4.78, 5) is 2.38. The monoisotopic (exact) mass is 324 g/mol. The highest BCUT2D eigenvalue weighted by molar-refractivity contribution is 9.11. The van der Waals surface area contributed by atoms with E-state index in [4.69, 9.17) is 0 Å². The zero-order valence-corrected chi connectivity index (χ0v) is 12.3. The number of aromatic nitrogens is 2. The largest absolute Gasteiger partial charge is 0.191 e. The summed E-state index contributed by atoms with van der Waals surface area (Å²) in [5, 5.41) is 5.57. The van der Waals surface area contributed by atoms with E-state index in [-0.39, 0.29) is 0 Å². The molecule has 2 nitrogen and oxygen atoms in total. The summed E-state index contributed by atoms with van der Waals surface area (Å²) in [5.74, 6) is 0. The maximum atomic E-state index is 4.38. The highest BCUT2D eigenvalue weighted by Crippen LogP contribution is 2.33. The molecule has 0 unspecified atom stereocenters. The summed E-state index contributed by atoms with van der Waals surface area (Å²) < 4.78 is 3.11. The summed E-state index contributed by atoms with van der Waals surface area (Å²) >= 11 is 6.85. The van der Waals surface area contributed by atoms with Gasteiger partial charge in [-0.1, -0.05) is 17.7 Å². The lowest BCUT2D eigenvalue weighted by atomic mass is 10.2. The lowest BCUT2D eigenvalue weighted by molar-refractivity contribution is 1.04. The van der Waals surface area contributed by atoms with E-state index in [1.807, 2.05) is 10.3 Å². The molecule has 0 bridgehead atoms. The molecule has 0 aliphatic carbocycles. The molecule has 5 heteroatoms. The van der Waals surface area contributed by atoms with Crippen molar-refractivity contribution in [3.63, 3.8) is 0 Å². The fourth-order valence-corrected chi connectivity index (χ4v) is 3.93. The van der Waals surface area contributed by atoms with Crippen molar-refractivity contribution in [2.75, 3.05) is 0 Å². The molecular formula is C12H9BrN2S2. The number of fused-ring (bicyclic) bond motifs is 1. The first kappa shape index (κ1) is 11.3. The third-order valence-corrected chi connectivity index (χ3v) is 5.08. The molecule has 0 saturated carbocycles. The highest BCUT2D eigenvalue weighted by atomic mass is 79.9. The summed E-state index contributed by atoms with van der Waals surface area (Å²) in [6.07, 6.45) is 1.90. The van der Waals surface area contributed by atoms with Crippen LogP contribution in [-0.2, 0) is 0 Å². The summed E-state index contributed by atoms with van der Waals surface area (Å²) in [6, 6.07) is 10.6. The second-order valence-electron chi connectivity index (χ2n) is 3.73. The molecule has 0 atom stereocenters. The molecular weight excluding hydrogens is 316 g/mol. The van der Waals surface area contributed by atoms with Crippen LogP contribution in [0, 0.1) is 6.92 Å². The second-order valence-corrected chi connectivity index (χ2v) is 7.14. The number of nitrogens with zero attached hydrogens (tertiary/aromatic N) is 2. The van der Waals surface area contributed by atoms with E-state index in [0.717, 1.165) is 3.79 Å². The molecule has 1 aromatic carbocycles. The van der Waals surface area contributed by atoms with Crippen molar-refractivity contribution in [3.05, 3.63) is 45.9 Å². The molecule has 2 heterocycles. The van der Waals surface area contributed by atoms with Gasteiger partial charge in [0.2, 0.25) is 0 Å². The summed E-state index contributed by atoms with van der Waals surface area (Å²) in [6.45, 7) is 2.09. The average molecular weight is 325 g/mol. The molecule has 86 valence electrons. The van der Waals surface area contributed by atoms with Crippen LogP contribution < -0.4 is 0 Å². The maximum absolute atomic E-state index is 4.38. The predicted octanol–water partition coefficient (Wildman–Crippen LogP) is 4.72. The number of thiophene rings is 1. The minimum absolute atomic E-state index is 1.14. The minimum atomic E-state index is 1.14. The molecule has 0 saturated heterocycles. The Bertz CT molecular complexity index is 655. The van der Waals surface area contributed by atoms with E-state index >= 15 is 0 Å². The lowest BCUT2D eigenvalue weighted by Crippen LogP contribution is -1.86. The van der Waals surface area contributed by atoms with Gasteiger partial charge < -0.3 is 0 Å². The fraction of sp³-hybridized carbons (Fsp3) is 0.0833. The number of hydrogen-bond acceptors (Lipinski definition) is 3. The molecule has 3 rings (SSSR count). The van der Waals surface area contributed by atoms with Crippen LogP contribution in [0.4, 0.5) is 0 Å². The molecule has 0 fully saturated rings. The van der Waals surface area contributed by atoms with Crippen LogP contribution in [0.15, 0.2) is 45.2 Å². The minimum Gasteiger partial charge on any atom is -0.191 e. The first-order chi connectivity index (χ1) is 8.22. The van der Waals surface area contributed by atoms with Gasteiger partial charge in [-0.05, 0) is 41.1 Å². The van der Waals surface area contributed by atoms with Crippen LogP contribution in [0.5, 0.6) is 0 Å². The molecule has 2 aromatic heterocycles. The fourth-order valence-electron chi connectivity index (χ4n) is 1.54. The van der Waals surface area contributed by atoms with Gasteiger partial charge in [0, 0.05) is 22.2 Å². The van der Waals surface area contributed by atoms with Gasteiger partial charge >= 0.3 is 0 Å². The highest BCUT2D eigenvalue weighted by Gasteiger charge is 2.07. The Kier molecular flexibility index (Phi) is 2.98. The Hall–Kier alpha value is -0.780. The van der Waals surface area contributed by atoms with Gasteiger partial charge in [-0.3, -0.25) is 0 Å². The first-order valence-electron chi connectivity index (χ1n) is 5.10. The molecule has 0 N–H and O–H groups in total. The number of hydrogen-bond donors (Lipinski definition) is 0. The smallest absolute Gasteiger partial charge is 0.135 e. The Morgan fingerprint density at radius 3 is 2.82 bits per heavy atom. The van der Waals surface area contributed by atoms with Crippen LogP contribution in [-0.4, -0.2) is 9.19 Å². The first-order valence-corrected chi connectivity index (χ1v) is 7.49. The Morgan fingerprint density at radius 2 is 2.06 bits per heavy atom. The molecule has 0 radical (unpaired) electrons. The molecule has 3 aromatic rings. The Labute approximate surface area is 116 Å². The quantitative estimate of drug-likeness (QED) is 0.678. The van der Waals surface area contributed by atoms with Crippen LogP contribution in [0.25, 0.3) is 10.2 Å². The third-order valence-electron chi connectivity index (χ3n) is 2.40. The standard InChI is InChI=1S/C12H9BrN2S2/c1-8-2-4-10(5-3-8)17-15-12-9(7-14-15)6-11(13)16-12/h2-7H,1H3. The molecule has 0 amide bonds. The van der Waals surface area contributed by atoms with Gasteiger partial charge in [-0.15, -0.1) is 11.3 Å². The number of aryl methyl sites for hydroxylation is 1. The van der Waals surface area contributed by atoms with Gasteiger partial charge in [0.1, 0.15) is 4.83 Å². The molecule has 0 aliphatic rings. The van der Waals surface area contributed by atoms with E-state index in [1.54, 1.807) is 23.3 Å². The van der Waals surface area contributed by atoms with E-state index in [2.05, 4.69) is 58.3 Å². The van der Waals surface area contributed by atoms with Crippen molar-refractivity contribution in [2.24, 2.45) is 0 Å². The molecule has 0 aliphatic heterocycles. The summed E-state index contributed by atoms with van der Waals surface area (Å²) in [7, 11) is 0. The zero-order valence-electron chi connectivity index (χ0n) is 9.05. The number of halogens is 1. The Balaban J connectivity index is 1.96. The van der Waals surface area contributed by atoms with Gasteiger partial charge in [0.05, 0.1) is 9.98 Å². The SMILES string of the molecule is Cc1ccc(Sn2ncc3cc(Br)sc32)cc1. The van der Waals surface area contributed by atoms with E-state index in [9.17, 15) is 0 Å². The van der Waals surface area contributed by atoms with Crippen molar-refractivity contribution in [2.45, 2.75) is 11.8 Å². The van der Waals surface area contributed by atoms with Crippen LogP contribution in [0.3, 0.4) is 0 Å². The molecule has 17 heavy (non-hydrogen) atoms. The summed E-state index contributed by atoms with van der Waals surface area (Å²) in [5.41, 5.74) is 1.28. The maximum Gasteiger partial charge on any atom is 0.135 e. The third kappa shape index (κ3) is 2.27. The van der Waals surface area contributed by atoms with Crippen molar-refractivity contribution >= 4 is 49.4 Å². The molecule has 0 spiro atoms. The van der Waals surface area contributed by atoms with Gasteiger partial charge in [-0.2, -0.15) is 9.19 Å². The second kappa shape index (κ2) is 4.48. The van der Waals surface area contributed by atoms with E-state index in [1.165, 1.54) is 20.7 Å². The van der Waals surface area contributed by atoms with Gasteiger partial charge in [-0.25, -0.2) is 0 Å².